The van der Waals surface area contributed by atoms with E-state index in [0.29, 0.717) is 0 Å². The van der Waals surface area contributed by atoms with Gasteiger partial charge in [-0.25, -0.2) is 0 Å². The predicted molar refractivity (Wildman–Crippen MR) is 81.9 cm³/mol. The molecule has 0 saturated heterocycles. The second-order valence-corrected chi connectivity index (χ2v) is 4.54. The Labute approximate surface area is 114 Å². The van der Waals surface area contributed by atoms with Crippen LogP contribution in [0.25, 0.3) is 12.2 Å². The first-order chi connectivity index (χ1) is 9.19. The van der Waals surface area contributed by atoms with Crippen molar-refractivity contribution in [2.45, 2.75) is 6.16 Å². The van der Waals surface area contributed by atoms with Gasteiger partial charge in [-0.1, -0.05) is 36.4 Å². The topological polar surface area (TPSA) is 43.1 Å². The van der Waals surface area contributed by atoms with E-state index in [1.54, 1.807) is 12.1 Å². The molecule has 0 amide bonds. The summed E-state index contributed by atoms with van der Waals surface area (Å²) in [4.78, 5) is 10.1. The van der Waals surface area contributed by atoms with E-state index < -0.39 is 4.92 Å². The highest BCUT2D eigenvalue weighted by atomic mass is 31.0. The highest BCUT2D eigenvalue weighted by Gasteiger charge is 2.01. The number of nitro groups is 1. The molecule has 19 heavy (non-hydrogen) atoms. The van der Waals surface area contributed by atoms with Crippen LogP contribution in [-0.2, 0) is 6.16 Å². The second kappa shape index (κ2) is 6.26. The maximum atomic E-state index is 10.5. The Balaban J connectivity index is 2.10. The summed E-state index contributed by atoms with van der Waals surface area (Å²) < 4.78 is 0. The molecule has 1 unspecified atom stereocenters. The molecule has 0 heterocycles. The van der Waals surface area contributed by atoms with Crippen LogP contribution in [0.3, 0.4) is 0 Å². The normalized spacial score (nSPS) is 10.8. The van der Waals surface area contributed by atoms with Crippen LogP contribution in [-0.4, -0.2) is 4.92 Å². The van der Waals surface area contributed by atoms with Gasteiger partial charge in [0.2, 0.25) is 0 Å². The summed E-state index contributed by atoms with van der Waals surface area (Å²) in [6, 6.07) is 14.8. The van der Waals surface area contributed by atoms with Crippen LogP contribution in [0.2, 0.25) is 0 Å². The zero-order valence-electron chi connectivity index (χ0n) is 10.3. The van der Waals surface area contributed by atoms with Crippen LogP contribution >= 0.6 is 9.24 Å². The molecule has 1 atom stereocenters. The highest BCUT2D eigenvalue weighted by molar-refractivity contribution is 7.15. The lowest BCUT2D eigenvalue weighted by Gasteiger charge is -1.97. The van der Waals surface area contributed by atoms with E-state index >= 15 is 0 Å². The molecule has 0 fully saturated rings. The quantitative estimate of drug-likeness (QED) is 0.363. The third-order valence-electron chi connectivity index (χ3n) is 2.79. The molecule has 0 bridgehead atoms. The Morgan fingerprint density at radius 2 is 1.42 bits per heavy atom. The van der Waals surface area contributed by atoms with Gasteiger partial charge in [0.1, 0.15) is 0 Å². The number of rotatable bonds is 4. The van der Waals surface area contributed by atoms with Crippen LogP contribution in [0.4, 0.5) is 5.69 Å². The number of benzene rings is 2. The molecular formula is C15H14NO2P. The minimum Gasteiger partial charge on any atom is -0.258 e. The smallest absolute Gasteiger partial charge is 0.258 e. The Kier molecular flexibility index (Phi) is 4.43. The van der Waals surface area contributed by atoms with Gasteiger partial charge in [0.15, 0.2) is 0 Å². The SMILES string of the molecule is O=[N+]([O-])c1ccc(/C=C/c2ccc(CP)cc2)cc1. The third-order valence-corrected chi connectivity index (χ3v) is 3.26. The summed E-state index contributed by atoms with van der Waals surface area (Å²) in [7, 11) is 2.69. The van der Waals surface area contributed by atoms with E-state index in [2.05, 4.69) is 33.5 Å². The summed E-state index contributed by atoms with van der Waals surface area (Å²) in [5, 5.41) is 10.5. The molecule has 0 saturated carbocycles. The number of nitrogens with zero attached hydrogens (tertiary/aromatic N) is 1. The van der Waals surface area contributed by atoms with Crippen molar-refractivity contribution in [2.75, 3.05) is 0 Å². The fourth-order valence-corrected chi connectivity index (χ4v) is 1.94. The fourth-order valence-electron chi connectivity index (χ4n) is 1.66. The van der Waals surface area contributed by atoms with Gasteiger partial charge in [0.05, 0.1) is 4.92 Å². The predicted octanol–water partition coefficient (Wildman–Crippen LogP) is 4.14. The van der Waals surface area contributed by atoms with Crippen molar-refractivity contribution < 1.29 is 4.92 Å². The minimum absolute atomic E-state index is 0.113. The third kappa shape index (κ3) is 3.73. The molecule has 0 spiro atoms. The molecule has 0 aliphatic rings. The van der Waals surface area contributed by atoms with Gasteiger partial charge >= 0.3 is 0 Å². The number of non-ortho nitro benzene ring substituents is 1. The maximum absolute atomic E-state index is 10.5. The number of hydrogen-bond donors (Lipinski definition) is 0. The van der Waals surface area contributed by atoms with Crippen LogP contribution < -0.4 is 0 Å². The largest absolute Gasteiger partial charge is 0.269 e. The Morgan fingerprint density at radius 1 is 0.947 bits per heavy atom. The molecule has 2 rings (SSSR count). The number of nitro benzene ring substituents is 1. The van der Waals surface area contributed by atoms with Crippen molar-refractivity contribution in [2.24, 2.45) is 0 Å². The molecule has 0 radical (unpaired) electrons. The Bertz CT molecular complexity index is 589. The number of hydrogen-bond acceptors (Lipinski definition) is 2. The van der Waals surface area contributed by atoms with Gasteiger partial charge in [-0.2, -0.15) is 0 Å². The lowest BCUT2D eigenvalue weighted by molar-refractivity contribution is -0.384. The van der Waals surface area contributed by atoms with Gasteiger partial charge in [0, 0.05) is 12.1 Å². The van der Waals surface area contributed by atoms with Gasteiger partial charge in [-0.15, -0.1) is 9.24 Å². The molecule has 0 N–H and O–H groups in total. The molecular weight excluding hydrogens is 257 g/mol. The molecule has 4 heteroatoms. The summed E-state index contributed by atoms with van der Waals surface area (Å²) in [5.74, 6) is 0. The van der Waals surface area contributed by atoms with E-state index in [-0.39, 0.29) is 5.69 Å². The zero-order chi connectivity index (χ0) is 13.7. The van der Waals surface area contributed by atoms with E-state index in [4.69, 9.17) is 0 Å². The van der Waals surface area contributed by atoms with Crippen molar-refractivity contribution in [3.8, 4) is 0 Å². The van der Waals surface area contributed by atoms with Gasteiger partial charge in [0.25, 0.3) is 5.69 Å². The van der Waals surface area contributed by atoms with Gasteiger partial charge in [-0.3, -0.25) is 10.1 Å². The first kappa shape index (κ1) is 13.4. The van der Waals surface area contributed by atoms with Crippen molar-refractivity contribution in [3.05, 3.63) is 75.3 Å². The molecule has 0 aliphatic heterocycles. The standard InChI is InChI=1S/C15H14NO2P/c17-16(18)15-9-7-13(8-10-15)2-1-12-3-5-14(11-19)6-4-12/h1-10H,11,19H2/b2-1+. The summed E-state index contributed by atoms with van der Waals surface area (Å²) in [6.07, 6.45) is 4.89. The average Bonchev–Trinajstić information content (AvgIpc) is 2.46. The van der Waals surface area contributed by atoms with E-state index in [1.165, 1.54) is 17.7 Å². The van der Waals surface area contributed by atoms with Crippen LogP contribution in [0.5, 0.6) is 0 Å². The molecule has 2 aromatic rings. The molecule has 96 valence electrons. The summed E-state index contributed by atoms with van der Waals surface area (Å²) in [5.41, 5.74) is 3.45. The molecule has 3 nitrogen and oxygen atoms in total. The van der Waals surface area contributed by atoms with Crippen LogP contribution in [0, 0.1) is 10.1 Å². The molecule has 0 aliphatic carbocycles. The van der Waals surface area contributed by atoms with Crippen molar-refractivity contribution in [1.29, 1.82) is 0 Å². The molecule has 0 aromatic heterocycles. The first-order valence-electron chi connectivity index (χ1n) is 5.90. The summed E-state index contributed by atoms with van der Waals surface area (Å²) >= 11 is 0. The minimum atomic E-state index is -0.394. The summed E-state index contributed by atoms with van der Waals surface area (Å²) in [6.45, 7) is 0. The van der Waals surface area contributed by atoms with Crippen LogP contribution in [0.1, 0.15) is 16.7 Å². The van der Waals surface area contributed by atoms with Crippen molar-refractivity contribution >= 4 is 27.1 Å². The van der Waals surface area contributed by atoms with Crippen molar-refractivity contribution in [3.63, 3.8) is 0 Å². The monoisotopic (exact) mass is 271 g/mol. The zero-order valence-corrected chi connectivity index (χ0v) is 11.5. The second-order valence-electron chi connectivity index (χ2n) is 4.13. The van der Waals surface area contributed by atoms with Gasteiger partial charge in [-0.05, 0) is 35.0 Å². The van der Waals surface area contributed by atoms with E-state index in [0.717, 1.165) is 17.3 Å². The van der Waals surface area contributed by atoms with Crippen LogP contribution in [0.15, 0.2) is 48.5 Å². The maximum Gasteiger partial charge on any atom is 0.269 e. The highest BCUT2D eigenvalue weighted by Crippen LogP contribution is 2.15. The van der Waals surface area contributed by atoms with E-state index in [1.807, 2.05) is 12.2 Å². The lowest BCUT2D eigenvalue weighted by atomic mass is 10.1. The van der Waals surface area contributed by atoms with E-state index in [9.17, 15) is 10.1 Å². The Morgan fingerprint density at radius 3 is 1.84 bits per heavy atom. The molecule has 2 aromatic carbocycles. The van der Waals surface area contributed by atoms with Gasteiger partial charge < -0.3 is 0 Å². The van der Waals surface area contributed by atoms with Crippen molar-refractivity contribution in [1.82, 2.24) is 0 Å². The fraction of sp³-hybridized carbons (Fsp3) is 0.0667. The average molecular weight is 271 g/mol. The first-order valence-corrected chi connectivity index (χ1v) is 6.72. The Hall–Kier alpha value is -1.99. The lowest BCUT2D eigenvalue weighted by Crippen LogP contribution is -1.86.